The molecule has 0 bridgehead atoms. The number of hydrogen-bond donors (Lipinski definition) is 1. The molecule has 0 fully saturated rings. The number of nitro groups is 1. The summed E-state index contributed by atoms with van der Waals surface area (Å²) in [6.45, 7) is 6.50. The third kappa shape index (κ3) is 3.32. The second-order valence-electron chi connectivity index (χ2n) is 3.92. The van der Waals surface area contributed by atoms with Crippen molar-refractivity contribution >= 4 is 5.69 Å². The van der Waals surface area contributed by atoms with Gasteiger partial charge in [0.25, 0.3) is 5.69 Å². The van der Waals surface area contributed by atoms with Gasteiger partial charge in [0.15, 0.2) is 0 Å². The predicted molar refractivity (Wildman–Crippen MR) is 59.8 cm³/mol. The highest BCUT2D eigenvalue weighted by Gasteiger charge is 2.12. The normalized spacial score (nSPS) is 10.7. The summed E-state index contributed by atoms with van der Waals surface area (Å²) in [4.78, 5) is 10.4. The Morgan fingerprint density at radius 1 is 1.47 bits per heavy atom. The SMILES string of the molecule is Cc1ccc([N+](=O)[O-])c(CNC(C)C)c1. The summed E-state index contributed by atoms with van der Waals surface area (Å²) in [5.74, 6) is 0. The van der Waals surface area contributed by atoms with Gasteiger partial charge in [-0.2, -0.15) is 0 Å². The lowest BCUT2D eigenvalue weighted by atomic mass is 10.1. The molecule has 0 aliphatic heterocycles. The van der Waals surface area contributed by atoms with E-state index < -0.39 is 0 Å². The first-order valence-corrected chi connectivity index (χ1v) is 4.98. The summed E-state index contributed by atoms with van der Waals surface area (Å²) in [6, 6.07) is 5.50. The molecule has 4 heteroatoms. The van der Waals surface area contributed by atoms with Gasteiger partial charge in [-0.3, -0.25) is 10.1 Å². The van der Waals surface area contributed by atoms with Crippen LogP contribution in [0.3, 0.4) is 0 Å². The maximum Gasteiger partial charge on any atom is 0.273 e. The Balaban J connectivity index is 2.92. The number of rotatable bonds is 4. The van der Waals surface area contributed by atoms with Crippen LogP contribution in [0.2, 0.25) is 0 Å². The molecule has 1 rings (SSSR count). The lowest BCUT2D eigenvalue weighted by Crippen LogP contribution is -2.22. The largest absolute Gasteiger partial charge is 0.310 e. The van der Waals surface area contributed by atoms with Crippen LogP contribution in [-0.2, 0) is 6.54 Å². The number of nitrogens with one attached hydrogen (secondary N) is 1. The minimum absolute atomic E-state index is 0.189. The van der Waals surface area contributed by atoms with Gasteiger partial charge in [0.1, 0.15) is 0 Å². The topological polar surface area (TPSA) is 55.2 Å². The fraction of sp³-hybridized carbons (Fsp3) is 0.455. The summed E-state index contributed by atoms with van der Waals surface area (Å²) in [5.41, 5.74) is 1.98. The van der Waals surface area contributed by atoms with E-state index in [-0.39, 0.29) is 10.6 Å². The van der Waals surface area contributed by atoms with E-state index in [0.717, 1.165) is 11.1 Å². The molecule has 1 N–H and O–H groups in total. The quantitative estimate of drug-likeness (QED) is 0.610. The molecule has 0 atom stereocenters. The average Bonchev–Trinajstić information content (AvgIpc) is 2.14. The molecule has 0 unspecified atom stereocenters. The highest BCUT2D eigenvalue weighted by Crippen LogP contribution is 2.19. The van der Waals surface area contributed by atoms with Gasteiger partial charge in [0.2, 0.25) is 0 Å². The first kappa shape index (κ1) is 11.7. The van der Waals surface area contributed by atoms with Crippen LogP contribution in [0, 0.1) is 17.0 Å². The highest BCUT2D eigenvalue weighted by atomic mass is 16.6. The summed E-state index contributed by atoms with van der Waals surface area (Å²) >= 11 is 0. The van der Waals surface area contributed by atoms with Gasteiger partial charge in [-0.05, 0) is 13.0 Å². The summed E-state index contributed by atoms with van der Waals surface area (Å²) in [5, 5.41) is 13.9. The predicted octanol–water partition coefficient (Wildman–Crippen LogP) is 2.40. The lowest BCUT2D eigenvalue weighted by molar-refractivity contribution is -0.385. The Bertz CT molecular complexity index is 362. The molecule has 15 heavy (non-hydrogen) atoms. The van der Waals surface area contributed by atoms with Gasteiger partial charge in [-0.1, -0.05) is 25.5 Å². The molecule has 0 amide bonds. The molecule has 0 aromatic heterocycles. The second-order valence-corrected chi connectivity index (χ2v) is 3.92. The van der Waals surface area contributed by atoms with Crippen LogP contribution in [0.1, 0.15) is 25.0 Å². The van der Waals surface area contributed by atoms with Crippen molar-refractivity contribution in [1.29, 1.82) is 0 Å². The zero-order chi connectivity index (χ0) is 11.4. The monoisotopic (exact) mass is 208 g/mol. The molecule has 0 spiro atoms. The molecule has 82 valence electrons. The van der Waals surface area contributed by atoms with Gasteiger partial charge in [-0.15, -0.1) is 0 Å². The van der Waals surface area contributed by atoms with Crippen molar-refractivity contribution < 1.29 is 4.92 Å². The lowest BCUT2D eigenvalue weighted by Gasteiger charge is -2.08. The van der Waals surface area contributed by atoms with Crippen LogP contribution < -0.4 is 5.32 Å². The van der Waals surface area contributed by atoms with E-state index in [1.165, 1.54) is 0 Å². The van der Waals surface area contributed by atoms with E-state index in [0.29, 0.717) is 12.6 Å². The maximum absolute atomic E-state index is 10.8. The molecule has 0 saturated heterocycles. The number of aryl methyl sites for hydroxylation is 1. The van der Waals surface area contributed by atoms with Gasteiger partial charge < -0.3 is 5.32 Å². The van der Waals surface area contributed by atoms with Crippen molar-refractivity contribution in [2.75, 3.05) is 0 Å². The van der Waals surface area contributed by atoms with Crippen molar-refractivity contribution in [2.45, 2.75) is 33.4 Å². The summed E-state index contributed by atoms with van der Waals surface area (Å²) < 4.78 is 0. The van der Waals surface area contributed by atoms with Gasteiger partial charge in [-0.25, -0.2) is 0 Å². The molecule has 1 aromatic rings. The van der Waals surface area contributed by atoms with Gasteiger partial charge in [0, 0.05) is 24.2 Å². The van der Waals surface area contributed by atoms with Gasteiger partial charge >= 0.3 is 0 Å². The standard InChI is InChI=1S/C11H16N2O2/c1-8(2)12-7-10-6-9(3)4-5-11(10)13(14)15/h4-6,8,12H,7H2,1-3H3. The van der Waals surface area contributed by atoms with Crippen LogP contribution >= 0.6 is 0 Å². The van der Waals surface area contributed by atoms with Crippen molar-refractivity contribution in [2.24, 2.45) is 0 Å². The second kappa shape index (κ2) is 4.89. The molecule has 0 aliphatic rings. The molecule has 0 aliphatic carbocycles. The zero-order valence-electron chi connectivity index (χ0n) is 9.28. The first-order chi connectivity index (χ1) is 7.00. The van der Waals surface area contributed by atoms with Crippen molar-refractivity contribution in [3.05, 3.63) is 39.4 Å². The highest BCUT2D eigenvalue weighted by molar-refractivity contribution is 5.42. The molecule has 0 saturated carbocycles. The van der Waals surface area contributed by atoms with Crippen LogP contribution in [0.15, 0.2) is 18.2 Å². The maximum atomic E-state index is 10.8. The minimum atomic E-state index is -0.337. The fourth-order valence-corrected chi connectivity index (χ4v) is 1.35. The molecule has 4 nitrogen and oxygen atoms in total. The number of hydrogen-bond acceptors (Lipinski definition) is 3. The zero-order valence-corrected chi connectivity index (χ0v) is 9.28. The number of benzene rings is 1. The smallest absolute Gasteiger partial charge is 0.273 e. The summed E-state index contributed by atoms with van der Waals surface area (Å²) in [7, 11) is 0. The molecular formula is C11H16N2O2. The fourth-order valence-electron chi connectivity index (χ4n) is 1.35. The van der Waals surface area contributed by atoms with Gasteiger partial charge in [0.05, 0.1) is 4.92 Å². The van der Waals surface area contributed by atoms with Crippen molar-refractivity contribution in [1.82, 2.24) is 5.32 Å². The molecular weight excluding hydrogens is 192 g/mol. The van der Waals surface area contributed by atoms with E-state index in [1.54, 1.807) is 12.1 Å². The Labute approximate surface area is 89.5 Å². The average molecular weight is 208 g/mol. The Kier molecular flexibility index (Phi) is 3.80. The van der Waals surface area contributed by atoms with E-state index in [2.05, 4.69) is 5.32 Å². The molecule has 0 heterocycles. The van der Waals surface area contributed by atoms with E-state index in [1.807, 2.05) is 26.8 Å². The Morgan fingerprint density at radius 2 is 2.13 bits per heavy atom. The summed E-state index contributed by atoms with van der Waals surface area (Å²) in [6.07, 6.45) is 0. The first-order valence-electron chi connectivity index (χ1n) is 4.98. The third-order valence-corrected chi connectivity index (χ3v) is 2.13. The van der Waals surface area contributed by atoms with E-state index in [4.69, 9.17) is 0 Å². The van der Waals surface area contributed by atoms with Crippen molar-refractivity contribution in [3.63, 3.8) is 0 Å². The van der Waals surface area contributed by atoms with E-state index >= 15 is 0 Å². The van der Waals surface area contributed by atoms with Crippen LogP contribution in [-0.4, -0.2) is 11.0 Å². The Hall–Kier alpha value is -1.42. The van der Waals surface area contributed by atoms with Crippen LogP contribution in [0.5, 0.6) is 0 Å². The van der Waals surface area contributed by atoms with Crippen molar-refractivity contribution in [3.8, 4) is 0 Å². The third-order valence-electron chi connectivity index (χ3n) is 2.13. The van der Waals surface area contributed by atoms with E-state index in [9.17, 15) is 10.1 Å². The van der Waals surface area contributed by atoms with Crippen LogP contribution in [0.25, 0.3) is 0 Å². The molecule has 0 radical (unpaired) electrons. The number of nitro benzene ring substituents is 1. The Morgan fingerprint density at radius 3 is 2.67 bits per heavy atom. The molecule has 1 aromatic carbocycles. The van der Waals surface area contributed by atoms with Crippen LogP contribution in [0.4, 0.5) is 5.69 Å². The minimum Gasteiger partial charge on any atom is -0.310 e. The number of nitrogens with zero attached hydrogens (tertiary/aromatic N) is 1.